The van der Waals surface area contributed by atoms with Gasteiger partial charge in [-0.15, -0.1) is 0 Å². The molecular formula is C18H19ClN4O. The molecule has 3 aromatic rings. The van der Waals surface area contributed by atoms with Crippen molar-refractivity contribution in [1.29, 1.82) is 0 Å². The van der Waals surface area contributed by atoms with Crippen LogP contribution in [0.25, 0.3) is 11.0 Å². The Labute approximate surface area is 145 Å². The van der Waals surface area contributed by atoms with E-state index in [1.165, 1.54) is 11.9 Å². The first-order valence-electron chi connectivity index (χ1n) is 8.11. The van der Waals surface area contributed by atoms with E-state index in [-0.39, 0.29) is 12.3 Å². The number of hydrogen-bond acceptors (Lipinski definition) is 4. The van der Waals surface area contributed by atoms with Crippen LogP contribution in [0, 0.1) is 0 Å². The van der Waals surface area contributed by atoms with Gasteiger partial charge in [0.25, 0.3) is 0 Å². The van der Waals surface area contributed by atoms with Gasteiger partial charge in [0.05, 0.1) is 11.5 Å². The van der Waals surface area contributed by atoms with Gasteiger partial charge in [0.1, 0.15) is 24.0 Å². The molecule has 124 valence electrons. The number of ether oxygens (including phenoxy) is 1. The van der Waals surface area contributed by atoms with Crippen molar-refractivity contribution in [2.75, 3.05) is 5.73 Å². The van der Waals surface area contributed by atoms with Crippen LogP contribution in [0.5, 0.6) is 0 Å². The average Bonchev–Trinajstić information content (AvgIpc) is 3.22. The molecular weight excluding hydrogens is 324 g/mol. The van der Waals surface area contributed by atoms with Crippen LogP contribution >= 0.6 is 11.6 Å². The van der Waals surface area contributed by atoms with E-state index < -0.39 is 0 Å². The van der Waals surface area contributed by atoms with Crippen LogP contribution in [0.4, 0.5) is 5.82 Å². The lowest BCUT2D eigenvalue weighted by atomic mass is 9.94. The molecule has 0 spiro atoms. The quantitative estimate of drug-likeness (QED) is 0.776. The van der Waals surface area contributed by atoms with Crippen LogP contribution in [0.2, 0.25) is 5.02 Å². The molecule has 1 fully saturated rings. The van der Waals surface area contributed by atoms with Gasteiger partial charge in [-0.25, -0.2) is 9.97 Å². The molecule has 0 radical (unpaired) electrons. The van der Waals surface area contributed by atoms with Crippen LogP contribution in [0.3, 0.4) is 0 Å². The van der Waals surface area contributed by atoms with E-state index in [0.717, 1.165) is 28.9 Å². The number of rotatable bonds is 3. The third-order valence-electron chi connectivity index (χ3n) is 4.83. The first kappa shape index (κ1) is 15.4. The summed E-state index contributed by atoms with van der Waals surface area (Å²) < 4.78 is 8.39. The summed E-state index contributed by atoms with van der Waals surface area (Å²) in [6, 6.07) is 9.95. The topological polar surface area (TPSA) is 66.0 Å². The molecule has 2 N–H and O–H groups in total. The summed E-state index contributed by atoms with van der Waals surface area (Å²) in [7, 11) is 0. The number of halogens is 1. The molecule has 6 heteroatoms. The standard InChI is InChI=1S/C18H19ClN4O/c1-11(12-2-4-13(19)5-3-12)15-6-7-16(24-15)23-9-8-14-17(20)21-10-22-18(14)23/h2-5,8-11,15-16H,6-7H2,1H3,(H2,20,21,22). The second kappa shape index (κ2) is 6.07. The van der Waals surface area contributed by atoms with Crippen LogP contribution < -0.4 is 5.73 Å². The van der Waals surface area contributed by atoms with Crippen LogP contribution in [-0.4, -0.2) is 20.6 Å². The molecule has 0 aliphatic carbocycles. The highest BCUT2D eigenvalue weighted by Gasteiger charge is 2.31. The lowest BCUT2D eigenvalue weighted by Crippen LogP contribution is -2.17. The van der Waals surface area contributed by atoms with E-state index in [1.54, 1.807) is 0 Å². The summed E-state index contributed by atoms with van der Waals surface area (Å²) in [5, 5.41) is 1.63. The van der Waals surface area contributed by atoms with Crippen molar-refractivity contribution in [2.24, 2.45) is 0 Å². The van der Waals surface area contributed by atoms with Crippen molar-refractivity contribution in [3.8, 4) is 0 Å². The Balaban J connectivity index is 1.55. The largest absolute Gasteiger partial charge is 0.383 e. The van der Waals surface area contributed by atoms with Crippen molar-refractivity contribution < 1.29 is 4.74 Å². The lowest BCUT2D eigenvalue weighted by molar-refractivity contribution is -0.00558. The molecule has 3 heterocycles. The fourth-order valence-corrected chi connectivity index (χ4v) is 3.55. The van der Waals surface area contributed by atoms with E-state index in [9.17, 15) is 0 Å². The van der Waals surface area contributed by atoms with Gasteiger partial charge in [-0.2, -0.15) is 0 Å². The zero-order valence-electron chi connectivity index (χ0n) is 13.4. The summed E-state index contributed by atoms with van der Waals surface area (Å²) in [5.74, 6) is 0.816. The number of nitrogen functional groups attached to an aromatic ring is 1. The van der Waals surface area contributed by atoms with Crippen molar-refractivity contribution in [3.63, 3.8) is 0 Å². The molecule has 0 saturated carbocycles. The minimum Gasteiger partial charge on any atom is -0.383 e. The van der Waals surface area contributed by atoms with Gasteiger partial charge in [-0.05, 0) is 36.6 Å². The zero-order chi connectivity index (χ0) is 16.7. The molecule has 1 aliphatic heterocycles. The number of nitrogens with zero attached hydrogens (tertiary/aromatic N) is 3. The van der Waals surface area contributed by atoms with Crippen molar-refractivity contribution in [2.45, 2.75) is 38.0 Å². The van der Waals surface area contributed by atoms with Crippen molar-refractivity contribution in [3.05, 3.63) is 53.4 Å². The minimum absolute atomic E-state index is 0.0171. The summed E-state index contributed by atoms with van der Waals surface area (Å²) in [5.41, 5.74) is 7.99. The summed E-state index contributed by atoms with van der Waals surface area (Å²) in [6.07, 6.45) is 5.60. The SMILES string of the molecule is CC(c1ccc(Cl)cc1)C1CCC(n2ccc3c(N)ncnc32)O1. The molecule has 5 nitrogen and oxygen atoms in total. The van der Waals surface area contributed by atoms with Gasteiger partial charge >= 0.3 is 0 Å². The number of hydrogen-bond donors (Lipinski definition) is 1. The van der Waals surface area contributed by atoms with E-state index in [1.807, 2.05) is 24.4 Å². The first-order valence-corrected chi connectivity index (χ1v) is 8.49. The van der Waals surface area contributed by atoms with E-state index in [4.69, 9.17) is 22.1 Å². The van der Waals surface area contributed by atoms with E-state index in [0.29, 0.717) is 11.7 Å². The average molecular weight is 343 g/mol. The van der Waals surface area contributed by atoms with Gasteiger partial charge < -0.3 is 15.0 Å². The Hall–Kier alpha value is -2.11. The third-order valence-corrected chi connectivity index (χ3v) is 5.09. The summed E-state index contributed by atoms with van der Waals surface area (Å²) >= 11 is 5.98. The summed E-state index contributed by atoms with van der Waals surface area (Å²) in [6.45, 7) is 2.20. The predicted octanol–water partition coefficient (Wildman–Crippen LogP) is 4.15. The van der Waals surface area contributed by atoms with Gasteiger partial charge in [0.15, 0.2) is 0 Å². The Kier molecular flexibility index (Phi) is 3.90. The van der Waals surface area contributed by atoms with Gasteiger partial charge in [0, 0.05) is 17.1 Å². The van der Waals surface area contributed by atoms with E-state index >= 15 is 0 Å². The maximum absolute atomic E-state index is 6.33. The second-order valence-corrected chi connectivity index (χ2v) is 6.70. The predicted molar refractivity (Wildman–Crippen MR) is 95.0 cm³/mol. The van der Waals surface area contributed by atoms with Crippen molar-refractivity contribution >= 4 is 28.5 Å². The van der Waals surface area contributed by atoms with Crippen LogP contribution in [0.15, 0.2) is 42.9 Å². The molecule has 1 aromatic carbocycles. The maximum Gasteiger partial charge on any atom is 0.147 e. The maximum atomic E-state index is 6.33. The Morgan fingerprint density at radius 3 is 2.79 bits per heavy atom. The smallest absolute Gasteiger partial charge is 0.147 e. The molecule has 1 aliphatic rings. The second-order valence-electron chi connectivity index (χ2n) is 6.27. The first-order chi connectivity index (χ1) is 11.6. The van der Waals surface area contributed by atoms with Crippen LogP contribution in [-0.2, 0) is 4.74 Å². The molecule has 3 unspecified atom stereocenters. The van der Waals surface area contributed by atoms with E-state index in [2.05, 4.69) is 33.6 Å². The molecule has 0 bridgehead atoms. The lowest BCUT2D eigenvalue weighted by Gasteiger charge is -2.21. The summed E-state index contributed by atoms with van der Waals surface area (Å²) in [4.78, 5) is 8.40. The number of benzene rings is 1. The highest BCUT2D eigenvalue weighted by Crippen LogP contribution is 2.38. The fourth-order valence-electron chi connectivity index (χ4n) is 3.42. The normalized spacial score (nSPS) is 22.1. The molecule has 1 saturated heterocycles. The number of anilines is 1. The Morgan fingerprint density at radius 1 is 1.21 bits per heavy atom. The minimum atomic E-state index is -0.0171. The highest BCUT2D eigenvalue weighted by atomic mass is 35.5. The van der Waals surface area contributed by atoms with Gasteiger partial charge in [-0.3, -0.25) is 0 Å². The Bertz CT molecular complexity index is 861. The molecule has 3 atom stereocenters. The van der Waals surface area contributed by atoms with Crippen LogP contribution in [0.1, 0.15) is 37.5 Å². The van der Waals surface area contributed by atoms with Gasteiger partial charge in [0.2, 0.25) is 0 Å². The number of aromatic nitrogens is 3. The highest BCUT2D eigenvalue weighted by molar-refractivity contribution is 6.30. The molecule has 2 aromatic heterocycles. The Morgan fingerprint density at radius 2 is 2.00 bits per heavy atom. The zero-order valence-corrected chi connectivity index (χ0v) is 14.1. The third kappa shape index (κ3) is 2.64. The van der Waals surface area contributed by atoms with Crippen molar-refractivity contribution in [1.82, 2.24) is 14.5 Å². The monoisotopic (exact) mass is 342 g/mol. The fraction of sp³-hybridized carbons (Fsp3) is 0.333. The number of nitrogens with two attached hydrogens (primary N) is 1. The molecule has 24 heavy (non-hydrogen) atoms. The molecule has 4 rings (SSSR count). The molecule has 0 amide bonds. The van der Waals surface area contributed by atoms with Gasteiger partial charge in [-0.1, -0.05) is 30.7 Å². The number of fused-ring (bicyclic) bond motifs is 1.